The SMILES string of the molecule is Nc1ccc(S(=O)(=O)O)c2c1CCCC2. The van der Waals surface area contributed by atoms with Crippen LogP contribution in [0.5, 0.6) is 0 Å². The summed E-state index contributed by atoms with van der Waals surface area (Å²) in [6.07, 6.45) is 3.44. The third-order valence-corrected chi connectivity index (χ3v) is 3.74. The molecular formula is C10H13NO3S. The molecule has 0 spiro atoms. The van der Waals surface area contributed by atoms with Crippen molar-refractivity contribution in [2.45, 2.75) is 30.6 Å². The number of nitrogen functional groups attached to an aromatic ring is 1. The van der Waals surface area contributed by atoms with Crippen molar-refractivity contribution in [1.29, 1.82) is 0 Å². The van der Waals surface area contributed by atoms with E-state index in [1.165, 1.54) is 6.07 Å². The average Bonchev–Trinajstić information content (AvgIpc) is 2.17. The maximum Gasteiger partial charge on any atom is 0.294 e. The second kappa shape index (κ2) is 3.50. The highest BCUT2D eigenvalue weighted by atomic mass is 32.2. The molecule has 0 heterocycles. The van der Waals surface area contributed by atoms with Crippen LogP contribution in [0.1, 0.15) is 24.0 Å². The van der Waals surface area contributed by atoms with Gasteiger partial charge in [0, 0.05) is 5.69 Å². The summed E-state index contributed by atoms with van der Waals surface area (Å²) in [5, 5.41) is 0. The first-order chi connectivity index (χ1) is 7.00. The van der Waals surface area contributed by atoms with Gasteiger partial charge in [-0.15, -0.1) is 0 Å². The molecule has 0 radical (unpaired) electrons. The Morgan fingerprint density at radius 3 is 2.33 bits per heavy atom. The lowest BCUT2D eigenvalue weighted by atomic mass is 9.90. The maximum atomic E-state index is 11.1. The summed E-state index contributed by atoms with van der Waals surface area (Å²) in [7, 11) is -4.12. The molecule has 2 rings (SSSR count). The minimum absolute atomic E-state index is 0.0198. The Morgan fingerprint density at radius 1 is 1.13 bits per heavy atom. The van der Waals surface area contributed by atoms with Gasteiger partial charge >= 0.3 is 0 Å². The Bertz CT molecular complexity index is 494. The molecule has 1 aromatic carbocycles. The fourth-order valence-electron chi connectivity index (χ4n) is 2.10. The summed E-state index contributed by atoms with van der Waals surface area (Å²) in [5.74, 6) is 0. The minimum atomic E-state index is -4.12. The summed E-state index contributed by atoms with van der Waals surface area (Å²) in [6, 6.07) is 2.93. The highest BCUT2D eigenvalue weighted by Crippen LogP contribution is 2.31. The summed E-state index contributed by atoms with van der Waals surface area (Å²) >= 11 is 0. The van der Waals surface area contributed by atoms with Crippen molar-refractivity contribution < 1.29 is 13.0 Å². The molecule has 1 aliphatic rings. The molecule has 1 aromatic rings. The predicted octanol–water partition coefficient (Wildman–Crippen LogP) is 1.39. The fraction of sp³-hybridized carbons (Fsp3) is 0.400. The normalized spacial score (nSPS) is 16.1. The number of hydrogen-bond acceptors (Lipinski definition) is 3. The Labute approximate surface area is 88.9 Å². The molecule has 0 aliphatic heterocycles. The van der Waals surface area contributed by atoms with Crippen molar-refractivity contribution in [3.63, 3.8) is 0 Å². The topological polar surface area (TPSA) is 80.4 Å². The van der Waals surface area contributed by atoms with Gasteiger partial charge in [-0.1, -0.05) is 0 Å². The van der Waals surface area contributed by atoms with E-state index in [4.69, 9.17) is 10.3 Å². The van der Waals surface area contributed by atoms with Crippen molar-refractivity contribution >= 4 is 15.8 Å². The van der Waals surface area contributed by atoms with Crippen LogP contribution >= 0.6 is 0 Å². The zero-order chi connectivity index (χ0) is 11.1. The van der Waals surface area contributed by atoms with Crippen molar-refractivity contribution in [3.8, 4) is 0 Å². The molecular weight excluding hydrogens is 214 g/mol. The minimum Gasteiger partial charge on any atom is -0.398 e. The summed E-state index contributed by atoms with van der Waals surface area (Å²) in [5.41, 5.74) is 7.98. The molecule has 0 unspecified atom stereocenters. The second-order valence-corrected chi connectivity index (χ2v) is 5.18. The average molecular weight is 227 g/mol. The van der Waals surface area contributed by atoms with Crippen LogP contribution in [-0.4, -0.2) is 13.0 Å². The second-order valence-electron chi connectivity index (χ2n) is 3.79. The third-order valence-electron chi connectivity index (χ3n) is 2.81. The molecule has 0 fully saturated rings. The molecule has 15 heavy (non-hydrogen) atoms. The number of hydrogen-bond donors (Lipinski definition) is 2. The van der Waals surface area contributed by atoms with Gasteiger partial charge in [-0.3, -0.25) is 4.55 Å². The Hall–Kier alpha value is -1.07. The fourth-order valence-corrected chi connectivity index (χ4v) is 2.88. The molecule has 3 N–H and O–H groups in total. The van der Waals surface area contributed by atoms with Crippen molar-refractivity contribution in [2.24, 2.45) is 0 Å². The smallest absolute Gasteiger partial charge is 0.294 e. The molecule has 0 atom stereocenters. The summed E-state index contributed by atoms with van der Waals surface area (Å²) < 4.78 is 31.3. The van der Waals surface area contributed by atoms with Gasteiger partial charge in [0.05, 0.1) is 4.90 Å². The summed E-state index contributed by atoms with van der Waals surface area (Å²) in [6.45, 7) is 0. The van der Waals surface area contributed by atoms with Crippen LogP contribution in [0.2, 0.25) is 0 Å². The van der Waals surface area contributed by atoms with E-state index >= 15 is 0 Å². The highest BCUT2D eigenvalue weighted by Gasteiger charge is 2.21. The van der Waals surface area contributed by atoms with Crippen LogP contribution in [0, 0.1) is 0 Å². The number of benzene rings is 1. The van der Waals surface area contributed by atoms with E-state index < -0.39 is 10.1 Å². The molecule has 5 heteroatoms. The van der Waals surface area contributed by atoms with E-state index in [0.29, 0.717) is 17.7 Å². The lowest BCUT2D eigenvalue weighted by Gasteiger charge is -2.19. The van der Waals surface area contributed by atoms with Gasteiger partial charge in [-0.05, 0) is 48.9 Å². The van der Waals surface area contributed by atoms with Gasteiger partial charge in [0.2, 0.25) is 0 Å². The number of nitrogens with two attached hydrogens (primary N) is 1. The van der Waals surface area contributed by atoms with E-state index in [-0.39, 0.29) is 4.90 Å². The zero-order valence-electron chi connectivity index (χ0n) is 8.23. The summed E-state index contributed by atoms with van der Waals surface area (Å²) in [4.78, 5) is 0.0198. The lowest BCUT2D eigenvalue weighted by molar-refractivity contribution is 0.481. The van der Waals surface area contributed by atoms with E-state index in [1.807, 2.05) is 0 Å². The first-order valence-corrected chi connectivity index (χ1v) is 6.32. The van der Waals surface area contributed by atoms with Crippen molar-refractivity contribution in [1.82, 2.24) is 0 Å². The predicted molar refractivity (Wildman–Crippen MR) is 57.3 cm³/mol. The van der Waals surface area contributed by atoms with Gasteiger partial charge in [0.1, 0.15) is 0 Å². The number of fused-ring (bicyclic) bond motifs is 1. The molecule has 0 saturated carbocycles. The molecule has 82 valence electrons. The van der Waals surface area contributed by atoms with E-state index in [9.17, 15) is 8.42 Å². The van der Waals surface area contributed by atoms with E-state index in [0.717, 1.165) is 24.8 Å². The van der Waals surface area contributed by atoms with Gasteiger partial charge < -0.3 is 5.73 Å². The monoisotopic (exact) mass is 227 g/mol. The van der Waals surface area contributed by atoms with E-state index in [2.05, 4.69) is 0 Å². The van der Waals surface area contributed by atoms with Crippen LogP contribution in [0.3, 0.4) is 0 Å². The standard InChI is InChI=1S/C10H13NO3S/c11-9-5-6-10(15(12,13)14)8-4-2-1-3-7(8)9/h5-6H,1-4,11H2,(H,12,13,14). The van der Waals surface area contributed by atoms with Crippen molar-refractivity contribution in [3.05, 3.63) is 23.3 Å². The molecule has 1 aliphatic carbocycles. The highest BCUT2D eigenvalue weighted by molar-refractivity contribution is 7.85. The zero-order valence-corrected chi connectivity index (χ0v) is 9.05. The van der Waals surface area contributed by atoms with Gasteiger partial charge in [-0.25, -0.2) is 0 Å². The van der Waals surface area contributed by atoms with Crippen molar-refractivity contribution in [2.75, 3.05) is 5.73 Å². The number of rotatable bonds is 1. The van der Waals surface area contributed by atoms with Crippen LogP contribution in [-0.2, 0) is 23.0 Å². The molecule has 4 nitrogen and oxygen atoms in total. The molecule has 0 aromatic heterocycles. The van der Waals surface area contributed by atoms with Gasteiger partial charge in [-0.2, -0.15) is 8.42 Å². The first kappa shape index (κ1) is 10.4. The first-order valence-electron chi connectivity index (χ1n) is 4.88. The lowest BCUT2D eigenvalue weighted by Crippen LogP contribution is -2.12. The van der Waals surface area contributed by atoms with Crippen LogP contribution in [0.4, 0.5) is 5.69 Å². The Morgan fingerprint density at radius 2 is 1.73 bits per heavy atom. The van der Waals surface area contributed by atoms with Crippen LogP contribution in [0.25, 0.3) is 0 Å². The quantitative estimate of drug-likeness (QED) is 0.561. The van der Waals surface area contributed by atoms with Gasteiger partial charge in [0.15, 0.2) is 0 Å². The molecule has 0 saturated heterocycles. The number of anilines is 1. The largest absolute Gasteiger partial charge is 0.398 e. The van der Waals surface area contributed by atoms with E-state index in [1.54, 1.807) is 6.07 Å². The third kappa shape index (κ3) is 1.85. The Kier molecular flexibility index (Phi) is 2.44. The van der Waals surface area contributed by atoms with Crippen LogP contribution < -0.4 is 5.73 Å². The molecule has 0 bridgehead atoms. The van der Waals surface area contributed by atoms with Gasteiger partial charge in [0.25, 0.3) is 10.1 Å². The maximum absolute atomic E-state index is 11.1. The van der Waals surface area contributed by atoms with Crippen LogP contribution in [0.15, 0.2) is 17.0 Å². The Balaban J connectivity index is 2.69. The molecule has 0 amide bonds.